The van der Waals surface area contributed by atoms with Crippen molar-refractivity contribution < 1.29 is 14.2 Å². The topological polar surface area (TPSA) is 40.0 Å². The van der Waals surface area contributed by atoms with E-state index in [1.165, 1.54) is 5.56 Å². The molecule has 1 heterocycles. The molecule has 2 atom stereocenters. The highest BCUT2D eigenvalue weighted by Crippen LogP contribution is 2.23. The highest BCUT2D eigenvalue weighted by atomic mass is 16.7. The van der Waals surface area contributed by atoms with Crippen molar-refractivity contribution in [2.45, 2.75) is 58.0 Å². The highest BCUT2D eigenvalue weighted by Gasteiger charge is 2.32. The zero-order valence-corrected chi connectivity index (χ0v) is 20.4. The molecular formula is C30H35NO3. The first-order chi connectivity index (χ1) is 16.5. The summed E-state index contributed by atoms with van der Waals surface area (Å²) in [6.45, 7) is 7.14. The largest absolute Gasteiger partial charge is 0.491 e. The third-order valence-corrected chi connectivity index (χ3v) is 5.96. The second kappa shape index (κ2) is 11.5. The van der Waals surface area contributed by atoms with Crippen molar-refractivity contribution in [2.24, 2.45) is 4.99 Å². The number of hydrogen-bond donors (Lipinski definition) is 0. The van der Waals surface area contributed by atoms with E-state index in [4.69, 9.17) is 19.2 Å². The lowest BCUT2D eigenvalue weighted by Crippen LogP contribution is -2.25. The van der Waals surface area contributed by atoms with Gasteiger partial charge < -0.3 is 14.2 Å². The van der Waals surface area contributed by atoms with Crippen molar-refractivity contribution >= 4 is 5.71 Å². The molecule has 34 heavy (non-hydrogen) atoms. The van der Waals surface area contributed by atoms with Gasteiger partial charge >= 0.3 is 0 Å². The number of aryl methyl sites for hydroxylation is 1. The lowest BCUT2D eigenvalue weighted by atomic mass is 10.0. The predicted octanol–water partition coefficient (Wildman–Crippen LogP) is 6.47. The molecule has 0 aromatic heterocycles. The van der Waals surface area contributed by atoms with Crippen LogP contribution < -0.4 is 4.74 Å². The first-order valence-electron chi connectivity index (χ1n) is 12.2. The van der Waals surface area contributed by atoms with E-state index in [2.05, 4.69) is 67.6 Å². The molecule has 4 nitrogen and oxygen atoms in total. The molecule has 0 amide bonds. The monoisotopic (exact) mass is 457 g/mol. The number of benzene rings is 3. The number of rotatable bonds is 10. The maximum atomic E-state index is 5.89. The fourth-order valence-electron chi connectivity index (χ4n) is 4.18. The maximum Gasteiger partial charge on any atom is 0.163 e. The number of ether oxygens (including phenoxy) is 3. The zero-order chi connectivity index (χ0) is 23.8. The standard InChI is InChI=1S/C30H35NO3/c1-23(31-29(25-13-6-4-7-14-25)26-15-8-5-9-16-26)11-10-12-24-17-19-27(20-18-24)32-21-28-22-33-30(2,3)34-28/h4-9,13-20,23,28H,10-12,21-22H2,1-3H3/t23?,28-/m1/s1. The Morgan fingerprint density at radius 2 is 1.56 bits per heavy atom. The predicted molar refractivity (Wildman–Crippen MR) is 138 cm³/mol. The van der Waals surface area contributed by atoms with Crippen LogP contribution >= 0.6 is 0 Å². The summed E-state index contributed by atoms with van der Waals surface area (Å²) in [5.41, 5.74) is 4.70. The minimum atomic E-state index is -0.512. The van der Waals surface area contributed by atoms with Crippen molar-refractivity contribution in [1.82, 2.24) is 0 Å². The average Bonchev–Trinajstić information content (AvgIpc) is 3.21. The number of nitrogens with zero attached hydrogens (tertiary/aromatic N) is 1. The van der Waals surface area contributed by atoms with E-state index in [0.29, 0.717) is 13.2 Å². The summed E-state index contributed by atoms with van der Waals surface area (Å²) >= 11 is 0. The maximum absolute atomic E-state index is 5.89. The van der Waals surface area contributed by atoms with Crippen LogP contribution in [0.4, 0.5) is 0 Å². The minimum absolute atomic E-state index is 0.0200. The van der Waals surface area contributed by atoms with E-state index in [-0.39, 0.29) is 12.1 Å². The van der Waals surface area contributed by atoms with Gasteiger partial charge in [-0.1, -0.05) is 72.8 Å². The highest BCUT2D eigenvalue weighted by molar-refractivity contribution is 6.12. The van der Waals surface area contributed by atoms with Gasteiger partial charge in [-0.15, -0.1) is 0 Å². The van der Waals surface area contributed by atoms with Crippen LogP contribution in [0.3, 0.4) is 0 Å². The van der Waals surface area contributed by atoms with Gasteiger partial charge in [-0.05, 0) is 57.7 Å². The Labute approximate surface area is 203 Å². The molecule has 0 saturated carbocycles. The second-order valence-electron chi connectivity index (χ2n) is 9.36. The fourth-order valence-corrected chi connectivity index (χ4v) is 4.18. The Kier molecular flexibility index (Phi) is 8.15. The van der Waals surface area contributed by atoms with E-state index in [1.807, 2.05) is 38.1 Å². The zero-order valence-electron chi connectivity index (χ0n) is 20.4. The molecule has 3 aromatic carbocycles. The van der Waals surface area contributed by atoms with Crippen LogP contribution in [0.1, 0.15) is 50.3 Å². The molecule has 1 fully saturated rings. The Bertz CT molecular complexity index is 1000. The molecule has 1 aliphatic heterocycles. The Balaban J connectivity index is 1.28. The fraction of sp³-hybridized carbons (Fsp3) is 0.367. The van der Waals surface area contributed by atoms with Crippen molar-refractivity contribution in [3.05, 3.63) is 102 Å². The summed E-state index contributed by atoms with van der Waals surface area (Å²) in [6, 6.07) is 29.5. The first-order valence-corrected chi connectivity index (χ1v) is 12.2. The summed E-state index contributed by atoms with van der Waals surface area (Å²) in [5, 5.41) is 0. The van der Waals surface area contributed by atoms with Crippen molar-refractivity contribution in [1.29, 1.82) is 0 Å². The summed E-state index contributed by atoms with van der Waals surface area (Å²) < 4.78 is 17.3. The van der Waals surface area contributed by atoms with Crippen LogP contribution in [-0.2, 0) is 15.9 Å². The first kappa shape index (κ1) is 24.2. The Morgan fingerprint density at radius 3 is 2.12 bits per heavy atom. The lowest BCUT2D eigenvalue weighted by molar-refractivity contribution is -0.141. The summed E-state index contributed by atoms with van der Waals surface area (Å²) in [6.07, 6.45) is 3.13. The summed E-state index contributed by atoms with van der Waals surface area (Å²) in [5.74, 6) is 0.354. The van der Waals surface area contributed by atoms with Crippen molar-refractivity contribution in [2.75, 3.05) is 13.2 Å². The van der Waals surface area contributed by atoms with E-state index in [9.17, 15) is 0 Å². The third-order valence-electron chi connectivity index (χ3n) is 5.96. The van der Waals surface area contributed by atoms with Gasteiger partial charge in [0.1, 0.15) is 18.5 Å². The Hall–Kier alpha value is -2.95. The van der Waals surface area contributed by atoms with Gasteiger partial charge in [0.25, 0.3) is 0 Å². The van der Waals surface area contributed by atoms with Crippen molar-refractivity contribution in [3.8, 4) is 5.75 Å². The summed E-state index contributed by atoms with van der Waals surface area (Å²) in [4.78, 5) is 5.11. The van der Waals surface area contributed by atoms with Gasteiger partial charge in [0.05, 0.1) is 12.3 Å². The van der Waals surface area contributed by atoms with Gasteiger partial charge in [-0.2, -0.15) is 0 Å². The molecule has 0 N–H and O–H groups in total. The van der Waals surface area contributed by atoms with Crippen LogP contribution in [0.2, 0.25) is 0 Å². The molecule has 4 heteroatoms. The molecule has 0 radical (unpaired) electrons. The van der Waals surface area contributed by atoms with Gasteiger partial charge in [0.15, 0.2) is 5.79 Å². The molecule has 0 aliphatic carbocycles. The van der Waals surface area contributed by atoms with E-state index >= 15 is 0 Å². The quantitative estimate of drug-likeness (QED) is 0.328. The van der Waals surface area contributed by atoms with E-state index in [1.54, 1.807) is 0 Å². The lowest BCUT2D eigenvalue weighted by Gasteiger charge is -2.17. The Morgan fingerprint density at radius 1 is 0.941 bits per heavy atom. The minimum Gasteiger partial charge on any atom is -0.491 e. The molecule has 1 unspecified atom stereocenters. The molecule has 3 aromatic rings. The van der Waals surface area contributed by atoms with Crippen LogP contribution in [0.15, 0.2) is 89.9 Å². The molecule has 1 saturated heterocycles. The van der Waals surface area contributed by atoms with Gasteiger partial charge in [0, 0.05) is 17.2 Å². The molecule has 0 bridgehead atoms. The van der Waals surface area contributed by atoms with Gasteiger partial charge in [-0.3, -0.25) is 4.99 Å². The smallest absolute Gasteiger partial charge is 0.163 e. The van der Waals surface area contributed by atoms with E-state index in [0.717, 1.165) is 41.9 Å². The summed E-state index contributed by atoms with van der Waals surface area (Å²) in [7, 11) is 0. The molecular weight excluding hydrogens is 422 g/mol. The number of hydrogen-bond acceptors (Lipinski definition) is 4. The normalized spacial score (nSPS) is 17.8. The van der Waals surface area contributed by atoms with Crippen LogP contribution in [-0.4, -0.2) is 36.9 Å². The molecule has 178 valence electrons. The van der Waals surface area contributed by atoms with E-state index < -0.39 is 5.79 Å². The third kappa shape index (κ3) is 7.02. The number of aliphatic imine (C=N–C) groups is 1. The molecule has 1 aliphatic rings. The molecule has 0 spiro atoms. The average molecular weight is 458 g/mol. The van der Waals surface area contributed by atoms with Gasteiger partial charge in [-0.25, -0.2) is 0 Å². The van der Waals surface area contributed by atoms with Crippen LogP contribution in [0.5, 0.6) is 5.75 Å². The molecule has 4 rings (SSSR count). The van der Waals surface area contributed by atoms with Crippen LogP contribution in [0.25, 0.3) is 0 Å². The van der Waals surface area contributed by atoms with Gasteiger partial charge in [0.2, 0.25) is 0 Å². The van der Waals surface area contributed by atoms with Crippen LogP contribution in [0, 0.1) is 0 Å². The SMILES string of the molecule is CC(CCCc1ccc(OC[C@@H]2COC(C)(C)O2)cc1)N=C(c1ccccc1)c1ccccc1. The van der Waals surface area contributed by atoms with Crippen molar-refractivity contribution in [3.63, 3.8) is 0 Å². The second-order valence-corrected chi connectivity index (χ2v) is 9.36.